The molecular weight excluding hydrogens is 325 g/mol. The van der Waals surface area contributed by atoms with Gasteiger partial charge in [0, 0.05) is 25.3 Å². The second kappa shape index (κ2) is 6.93. The SMILES string of the molecule is Cc1[nH]cnc1CN1CC[C@@H](O)[C@](Cc2cccc(F)c2)(C(=O)O)C1. The highest BCUT2D eigenvalue weighted by atomic mass is 19.1. The highest BCUT2D eigenvalue weighted by molar-refractivity contribution is 5.76. The number of halogens is 1. The molecule has 1 aliphatic rings. The summed E-state index contributed by atoms with van der Waals surface area (Å²) < 4.78 is 13.5. The molecular formula is C18H22FN3O3. The van der Waals surface area contributed by atoms with E-state index in [9.17, 15) is 19.4 Å². The van der Waals surface area contributed by atoms with E-state index in [1.54, 1.807) is 18.5 Å². The molecule has 0 spiro atoms. The number of likely N-dealkylation sites (tertiary alicyclic amines) is 1. The quantitative estimate of drug-likeness (QED) is 0.767. The van der Waals surface area contributed by atoms with Crippen LogP contribution < -0.4 is 0 Å². The van der Waals surface area contributed by atoms with Crippen LogP contribution in [0.25, 0.3) is 0 Å². The van der Waals surface area contributed by atoms with Gasteiger partial charge in [0.2, 0.25) is 0 Å². The molecule has 0 unspecified atom stereocenters. The number of nitrogens with one attached hydrogen (secondary N) is 1. The third-order valence-electron chi connectivity index (χ3n) is 5.00. The average molecular weight is 347 g/mol. The molecule has 3 N–H and O–H groups in total. The van der Waals surface area contributed by atoms with Crippen LogP contribution in [-0.2, 0) is 17.8 Å². The number of aliphatic hydroxyl groups is 1. The summed E-state index contributed by atoms with van der Waals surface area (Å²) in [6.45, 7) is 3.20. The zero-order valence-electron chi connectivity index (χ0n) is 14.1. The number of imidazole rings is 1. The molecule has 0 bridgehead atoms. The molecule has 1 fully saturated rings. The maximum atomic E-state index is 13.5. The van der Waals surface area contributed by atoms with E-state index in [4.69, 9.17) is 0 Å². The highest BCUT2D eigenvalue weighted by Crippen LogP contribution is 2.35. The zero-order chi connectivity index (χ0) is 18.0. The normalized spacial score (nSPS) is 24.4. The molecule has 1 aromatic heterocycles. The lowest BCUT2D eigenvalue weighted by Crippen LogP contribution is -2.56. The molecule has 3 rings (SSSR count). The molecule has 1 aromatic carbocycles. The van der Waals surface area contributed by atoms with Crippen molar-refractivity contribution in [3.8, 4) is 0 Å². The number of hydrogen-bond acceptors (Lipinski definition) is 4. The van der Waals surface area contributed by atoms with Crippen molar-refractivity contribution in [2.24, 2.45) is 5.41 Å². The summed E-state index contributed by atoms with van der Waals surface area (Å²) in [4.78, 5) is 21.3. The van der Waals surface area contributed by atoms with Crippen LogP contribution in [0.4, 0.5) is 4.39 Å². The lowest BCUT2D eigenvalue weighted by Gasteiger charge is -2.43. The first-order valence-corrected chi connectivity index (χ1v) is 8.28. The Labute approximate surface area is 145 Å². The predicted octanol–water partition coefficient (Wildman–Crippen LogP) is 1.74. The molecule has 0 saturated carbocycles. The smallest absolute Gasteiger partial charge is 0.313 e. The van der Waals surface area contributed by atoms with E-state index in [1.807, 2.05) is 11.8 Å². The monoisotopic (exact) mass is 347 g/mol. The molecule has 0 radical (unpaired) electrons. The zero-order valence-corrected chi connectivity index (χ0v) is 14.1. The number of hydrogen-bond donors (Lipinski definition) is 3. The van der Waals surface area contributed by atoms with Crippen LogP contribution in [0.2, 0.25) is 0 Å². The molecule has 2 atom stereocenters. The van der Waals surface area contributed by atoms with Gasteiger partial charge >= 0.3 is 5.97 Å². The number of H-pyrrole nitrogens is 1. The lowest BCUT2D eigenvalue weighted by atomic mass is 9.73. The van der Waals surface area contributed by atoms with Gasteiger partial charge in [-0.25, -0.2) is 9.37 Å². The molecule has 2 aromatic rings. The summed E-state index contributed by atoms with van der Waals surface area (Å²) in [6, 6.07) is 5.90. The third-order valence-corrected chi connectivity index (χ3v) is 5.00. The standard InChI is InChI=1S/C18H22FN3O3/c1-12-15(21-11-20-12)9-22-6-5-16(23)18(10-22,17(24)25)8-13-3-2-4-14(19)7-13/h2-4,7,11,16,23H,5-6,8-10H2,1H3,(H,20,21)(H,24,25)/t16-,18-/m1/s1. The molecule has 7 heteroatoms. The number of rotatable bonds is 5. The molecule has 6 nitrogen and oxygen atoms in total. The van der Waals surface area contributed by atoms with Crippen LogP contribution >= 0.6 is 0 Å². The predicted molar refractivity (Wildman–Crippen MR) is 89.4 cm³/mol. The van der Waals surface area contributed by atoms with Gasteiger partial charge in [-0.3, -0.25) is 9.69 Å². The van der Waals surface area contributed by atoms with Gasteiger partial charge < -0.3 is 15.2 Å². The number of carbonyl (C=O) groups is 1. The van der Waals surface area contributed by atoms with Crippen LogP contribution in [0.3, 0.4) is 0 Å². The maximum absolute atomic E-state index is 13.5. The number of carboxylic acid groups (broad SMARTS) is 1. The summed E-state index contributed by atoms with van der Waals surface area (Å²) in [5, 5.41) is 20.4. The Bertz CT molecular complexity index is 764. The number of benzene rings is 1. The minimum atomic E-state index is -1.36. The number of aryl methyl sites for hydroxylation is 1. The molecule has 0 amide bonds. The summed E-state index contributed by atoms with van der Waals surface area (Å²) >= 11 is 0. The van der Waals surface area contributed by atoms with Crippen molar-refractivity contribution in [1.82, 2.24) is 14.9 Å². The summed E-state index contributed by atoms with van der Waals surface area (Å²) in [5.74, 6) is -1.47. The summed E-state index contributed by atoms with van der Waals surface area (Å²) in [6.07, 6.45) is 1.06. The summed E-state index contributed by atoms with van der Waals surface area (Å²) in [7, 11) is 0. The molecule has 25 heavy (non-hydrogen) atoms. The van der Waals surface area contributed by atoms with Crippen molar-refractivity contribution in [2.75, 3.05) is 13.1 Å². The Hall–Kier alpha value is -2.25. The number of aliphatic hydroxyl groups excluding tert-OH is 1. The van der Waals surface area contributed by atoms with Gasteiger partial charge in [0.25, 0.3) is 0 Å². The average Bonchev–Trinajstić information content (AvgIpc) is 2.95. The fraction of sp³-hybridized carbons (Fsp3) is 0.444. The van der Waals surface area contributed by atoms with Gasteiger partial charge in [-0.2, -0.15) is 0 Å². The number of aromatic nitrogens is 2. The fourth-order valence-electron chi connectivity index (χ4n) is 3.53. The number of carboxylic acids is 1. The second-order valence-electron chi connectivity index (χ2n) is 6.76. The van der Waals surface area contributed by atoms with E-state index in [1.165, 1.54) is 12.1 Å². The van der Waals surface area contributed by atoms with Gasteiger partial charge in [0.15, 0.2) is 0 Å². The lowest BCUT2D eigenvalue weighted by molar-refractivity contribution is -0.163. The fourth-order valence-corrected chi connectivity index (χ4v) is 3.53. The van der Waals surface area contributed by atoms with Crippen LogP contribution in [0, 0.1) is 18.2 Å². The molecule has 134 valence electrons. The van der Waals surface area contributed by atoms with Crippen LogP contribution in [0.1, 0.15) is 23.4 Å². The first-order chi connectivity index (χ1) is 11.9. The maximum Gasteiger partial charge on any atom is 0.313 e. The summed E-state index contributed by atoms with van der Waals surface area (Å²) in [5.41, 5.74) is 1.01. The van der Waals surface area contributed by atoms with Crippen molar-refractivity contribution in [3.05, 3.63) is 53.4 Å². The van der Waals surface area contributed by atoms with Crippen LogP contribution in [-0.4, -0.2) is 50.2 Å². The highest BCUT2D eigenvalue weighted by Gasteiger charge is 2.49. The van der Waals surface area contributed by atoms with E-state index in [0.29, 0.717) is 25.1 Å². The van der Waals surface area contributed by atoms with E-state index >= 15 is 0 Å². The van der Waals surface area contributed by atoms with Crippen molar-refractivity contribution in [2.45, 2.75) is 32.4 Å². The Morgan fingerprint density at radius 1 is 1.52 bits per heavy atom. The Balaban J connectivity index is 1.85. The van der Waals surface area contributed by atoms with Gasteiger partial charge in [-0.1, -0.05) is 12.1 Å². The van der Waals surface area contributed by atoms with Crippen molar-refractivity contribution in [3.63, 3.8) is 0 Å². The number of piperidine rings is 1. The second-order valence-corrected chi connectivity index (χ2v) is 6.76. The molecule has 1 aliphatic heterocycles. The van der Waals surface area contributed by atoms with Gasteiger partial charge in [0.1, 0.15) is 11.2 Å². The number of aliphatic carboxylic acids is 1. The first-order valence-electron chi connectivity index (χ1n) is 8.28. The van der Waals surface area contributed by atoms with E-state index in [2.05, 4.69) is 9.97 Å². The van der Waals surface area contributed by atoms with Crippen molar-refractivity contribution < 1.29 is 19.4 Å². The van der Waals surface area contributed by atoms with E-state index < -0.39 is 23.3 Å². The minimum Gasteiger partial charge on any atom is -0.481 e. The Morgan fingerprint density at radius 2 is 2.32 bits per heavy atom. The number of aromatic amines is 1. The van der Waals surface area contributed by atoms with Gasteiger partial charge in [-0.15, -0.1) is 0 Å². The van der Waals surface area contributed by atoms with Crippen LogP contribution in [0.15, 0.2) is 30.6 Å². The van der Waals surface area contributed by atoms with E-state index in [0.717, 1.165) is 11.4 Å². The largest absolute Gasteiger partial charge is 0.481 e. The molecule has 0 aliphatic carbocycles. The van der Waals surface area contributed by atoms with Gasteiger partial charge in [0.05, 0.1) is 18.1 Å². The van der Waals surface area contributed by atoms with Crippen molar-refractivity contribution >= 4 is 5.97 Å². The molecule has 2 heterocycles. The van der Waals surface area contributed by atoms with Crippen molar-refractivity contribution in [1.29, 1.82) is 0 Å². The Kier molecular flexibility index (Phi) is 4.87. The number of nitrogens with zero attached hydrogens (tertiary/aromatic N) is 2. The topological polar surface area (TPSA) is 89.5 Å². The Morgan fingerprint density at radius 3 is 2.96 bits per heavy atom. The van der Waals surface area contributed by atoms with Crippen LogP contribution in [0.5, 0.6) is 0 Å². The molecule has 1 saturated heterocycles. The first kappa shape index (κ1) is 17.6. The van der Waals surface area contributed by atoms with Gasteiger partial charge in [-0.05, 0) is 37.5 Å². The van der Waals surface area contributed by atoms with E-state index in [-0.39, 0.29) is 13.0 Å². The minimum absolute atomic E-state index is 0.0807. The third kappa shape index (κ3) is 3.57.